The van der Waals surface area contributed by atoms with Gasteiger partial charge >= 0.3 is 0 Å². The SMILES string of the molecule is COC(C)CNC(=O)c1ccc(Cl)c(S(N)(=O)=O)c1. The monoisotopic (exact) mass is 306 g/mol. The van der Waals surface area contributed by atoms with E-state index in [9.17, 15) is 13.2 Å². The highest BCUT2D eigenvalue weighted by atomic mass is 35.5. The number of hydrogen-bond donors (Lipinski definition) is 2. The van der Waals surface area contributed by atoms with Gasteiger partial charge in [-0.15, -0.1) is 0 Å². The molecule has 0 aromatic heterocycles. The number of sulfonamides is 1. The first-order valence-corrected chi connectivity index (χ1v) is 7.31. The Morgan fingerprint density at radius 3 is 2.68 bits per heavy atom. The molecule has 0 spiro atoms. The van der Waals surface area contributed by atoms with Crippen molar-refractivity contribution in [2.75, 3.05) is 13.7 Å². The van der Waals surface area contributed by atoms with Crippen molar-refractivity contribution >= 4 is 27.5 Å². The Balaban J connectivity index is 2.94. The van der Waals surface area contributed by atoms with Gasteiger partial charge in [-0.25, -0.2) is 13.6 Å². The Labute approximate surface area is 116 Å². The molecule has 6 nitrogen and oxygen atoms in total. The lowest BCUT2D eigenvalue weighted by Gasteiger charge is -2.11. The van der Waals surface area contributed by atoms with Crippen molar-refractivity contribution < 1.29 is 17.9 Å². The summed E-state index contributed by atoms with van der Waals surface area (Å²) in [4.78, 5) is 11.5. The summed E-state index contributed by atoms with van der Waals surface area (Å²) in [5, 5.41) is 7.59. The average molecular weight is 307 g/mol. The first-order chi connectivity index (χ1) is 8.75. The van der Waals surface area contributed by atoms with Crippen LogP contribution in [0, 0.1) is 0 Å². The third kappa shape index (κ3) is 4.46. The number of methoxy groups -OCH3 is 1. The molecule has 1 aromatic carbocycles. The van der Waals surface area contributed by atoms with Crippen molar-refractivity contribution in [3.05, 3.63) is 28.8 Å². The highest BCUT2D eigenvalue weighted by molar-refractivity contribution is 7.89. The Bertz CT molecular complexity index is 574. The summed E-state index contributed by atoms with van der Waals surface area (Å²) in [5.74, 6) is -0.425. The topological polar surface area (TPSA) is 98.5 Å². The van der Waals surface area contributed by atoms with Crippen LogP contribution in [0.4, 0.5) is 0 Å². The van der Waals surface area contributed by atoms with Crippen molar-refractivity contribution in [2.24, 2.45) is 5.14 Å². The normalized spacial score (nSPS) is 13.1. The lowest BCUT2D eigenvalue weighted by atomic mass is 10.2. The molecular weight excluding hydrogens is 292 g/mol. The van der Waals surface area contributed by atoms with E-state index >= 15 is 0 Å². The van der Waals surface area contributed by atoms with Crippen molar-refractivity contribution in [3.8, 4) is 0 Å². The van der Waals surface area contributed by atoms with Crippen molar-refractivity contribution in [1.82, 2.24) is 5.32 Å². The second-order valence-corrected chi connectivity index (χ2v) is 5.88. The standard InChI is InChI=1S/C11H15ClN2O4S/c1-7(18-2)6-14-11(15)8-3-4-9(12)10(5-8)19(13,16)17/h3-5,7H,6H2,1-2H3,(H,14,15)(H2,13,16,17). The molecule has 1 atom stereocenters. The Kier molecular flexibility index (Phi) is 5.30. The fourth-order valence-corrected chi connectivity index (χ4v) is 2.36. The summed E-state index contributed by atoms with van der Waals surface area (Å²) >= 11 is 5.72. The summed E-state index contributed by atoms with van der Waals surface area (Å²) in [7, 11) is -2.44. The van der Waals surface area contributed by atoms with Gasteiger partial charge in [-0.2, -0.15) is 0 Å². The molecule has 1 rings (SSSR count). The summed E-state index contributed by atoms with van der Waals surface area (Å²) in [6, 6.07) is 3.88. The molecule has 1 unspecified atom stereocenters. The van der Waals surface area contributed by atoms with Gasteiger partial charge in [-0.3, -0.25) is 4.79 Å². The van der Waals surface area contributed by atoms with Gasteiger partial charge < -0.3 is 10.1 Å². The highest BCUT2D eigenvalue weighted by Crippen LogP contribution is 2.21. The smallest absolute Gasteiger partial charge is 0.251 e. The van der Waals surface area contributed by atoms with Gasteiger partial charge in [0.05, 0.1) is 11.1 Å². The summed E-state index contributed by atoms with van der Waals surface area (Å²) < 4.78 is 27.5. The number of carbonyl (C=O) groups excluding carboxylic acids is 1. The maximum Gasteiger partial charge on any atom is 0.251 e. The maximum atomic E-state index is 11.8. The van der Waals surface area contributed by atoms with E-state index in [0.29, 0.717) is 6.54 Å². The molecule has 0 saturated carbocycles. The molecule has 3 N–H and O–H groups in total. The fraction of sp³-hybridized carbons (Fsp3) is 0.364. The molecule has 106 valence electrons. The second-order valence-electron chi connectivity index (χ2n) is 3.95. The Morgan fingerprint density at radius 1 is 1.53 bits per heavy atom. The molecule has 0 aliphatic heterocycles. The van der Waals surface area contributed by atoms with Crippen LogP contribution in [0.15, 0.2) is 23.1 Å². The number of benzene rings is 1. The van der Waals surface area contributed by atoms with E-state index in [2.05, 4.69) is 5.32 Å². The minimum atomic E-state index is -3.96. The van der Waals surface area contributed by atoms with Crippen LogP contribution in [0.2, 0.25) is 5.02 Å². The molecule has 8 heteroatoms. The molecule has 1 amide bonds. The van der Waals surface area contributed by atoms with Gasteiger partial charge in [0, 0.05) is 19.2 Å². The van der Waals surface area contributed by atoms with Crippen LogP contribution in [-0.2, 0) is 14.8 Å². The zero-order chi connectivity index (χ0) is 14.6. The van der Waals surface area contributed by atoms with E-state index in [0.717, 1.165) is 6.07 Å². The molecule has 0 aliphatic rings. The van der Waals surface area contributed by atoms with Crippen LogP contribution in [0.1, 0.15) is 17.3 Å². The number of rotatable bonds is 5. The largest absolute Gasteiger partial charge is 0.380 e. The predicted molar refractivity (Wildman–Crippen MR) is 71.6 cm³/mol. The first-order valence-electron chi connectivity index (χ1n) is 5.39. The molecule has 0 aliphatic carbocycles. The quantitative estimate of drug-likeness (QED) is 0.838. The van der Waals surface area contributed by atoms with Gasteiger partial charge in [0.15, 0.2) is 0 Å². The maximum absolute atomic E-state index is 11.8. The fourth-order valence-electron chi connectivity index (χ4n) is 1.28. The Hall–Kier alpha value is -1.15. The lowest BCUT2D eigenvalue weighted by Crippen LogP contribution is -2.31. The molecule has 1 aromatic rings. The lowest BCUT2D eigenvalue weighted by molar-refractivity contribution is 0.0870. The summed E-state index contributed by atoms with van der Waals surface area (Å²) in [6.45, 7) is 2.10. The van der Waals surface area contributed by atoms with E-state index in [1.54, 1.807) is 6.92 Å². The first kappa shape index (κ1) is 15.9. The van der Waals surface area contributed by atoms with Crippen LogP contribution in [0.25, 0.3) is 0 Å². The van der Waals surface area contributed by atoms with Gasteiger partial charge in [0.2, 0.25) is 10.0 Å². The number of amides is 1. The van der Waals surface area contributed by atoms with E-state index in [1.165, 1.54) is 19.2 Å². The minimum Gasteiger partial charge on any atom is -0.380 e. The van der Waals surface area contributed by atoms with Crippen LogP contribution < -0.4 is 10.5 Å². The molecule has 19 heavy (non-hydrogen) atoms. The van der Waals surface area contributed by atoms with Gasteiger partial charge in [0.1, 0.15) is 4.90 Å². The summed E-state index contributed by atoms with van der Waals surface area (Å²) in [6.07, 6.45) is -0.144. The van der Waals surface area contributed by atoms with Crippen LogP contribution >= 0.6 is 11.6 Å². The van der Waals surface area contributed by atoms with Crippen LogP contribution in [0.5, 0.6) is 0 Å². The van der Waals surface area contributed by atoms with Crippen LogP contribution in [-0.4, -0.2) is 34.1 Å². The number of primary sulfonamides is 1. The van der Waals surface area contributed by atoms with Gasteiger partial charge in [-0.05, 0) is 25.1 Å². The number of carbonyl (C=O) groups is 1. The molecule has 0 heterocycles. The van der Waals surface area contributed by atoms with Gasteiger partial charge in [-0.1, -0.05) is 11.6 Å². The average Bonchev–Trinajstić information content (AvgIpc) is 2.34. The molecule has 0 bridgehead atoms. The van der Waals surface area contributed by atoms with Crippen LogP contribution in [0.3, 0.4) is 0 Å². The number of nitrogens with one attached hydrogen (secondary N) is 1. The number of ether oxygens (including phenoxy) is 1. The number of nitrogens with two attached hydrogens (primary N) is 1. The summed E-state index contributed by atoms with van der Waals surface area (Å²) in [5.41, 5.74) is 0.164. The number of hydrogen-bond acceptors (Lipinski definition) is 4. The van der Waals surface area contributed by atoms with E-state index in [1.807, 2.05) is 0 Å². The Morgan fingerprint density at radius 2 is 2.16 bits per heavy atom. The van der Waals surface area contributed by atoms with E-state index in [4.69, 9.17) is 21.5 Å². The van der Waals surface area contributed by atoms with E-state index < -0.39 is 15.9 Å². The molecule has 0 radical (unpaired) electrons. The predicted octanol–water partition coefficient (Wildman–Crippen LogP) is 0.752. The minimum absolute atomic E-state index is 0.0238. The zero-order valence-corrected chi connectivity index (χ0v) is 12.1. The van der Waals surface area contributed by atoms with Gasteiger partial charge in [0.25, 0.3) is 5.91 Å². The molecule has 0 fully saturated rings. The molecular formula is C11H15ClN2O4S. The van der Waals surface area contributed by atoms with Crippen molar-refractivity contribution in [1.29, 1.82) is 0 Å². The third-order valence-electron chi connectivity index (χ3n) is 2.45. The van der Waals surface area contributed by atoms with E-state index in [-0.39, 0.29) is 21.6 Å². The van der Waals surface area contributed by atoms with Crippen molar-refractivity contribution in [2.45, 2.75) is 17.9 Å². The second kappa shape index (κ2) is 6.33. The number of halogens is 1. The highest BCUT2D eigenvalue weighted by Gasteiger charge is 2.16. The van der Waals surface area contributed by atoms with Crippen molar-refractivity contribution in [3.63, 3.8) is 0 Å². The molecule has 0 saturated heterocycles. The zero-order valence-electron chi connectivity index (χ0n) is 10.5. The third-order valence-corrected chi connectivity index (χ3v) is 3.84.